The Kier molecular flexibility index (Phi) is 4.36. The zero-order chi connectivity index (χ0) is 17.0. The number of halogens is 12. The van der Waals surface area contributed by atoms with E-state index in [1.165, 1.54) is 0 Å². The summed E-state index contributed by atoms with van der Waals surface area (Å²) in [5, 5.41) is -7.08. The van der Waals surface area contributed by atoms with Crippen molar-refractivity contribution in [1.29, 1.82) is 0 Å². The lowest BCUT2D eigenvalue weighted by atomic mass is 10.0. The third kappa shape index (κ3) is 2.40. The first-order valence-electron chi connectivity index (χ1n) is 3.77. The molecule has 0 fully saturated rings. The van der Waals surface area contributed by atoms with E-state index < -0.39 is 38.2 Å². The number of rotatable bonds is 4. The molecule has 0 aromatic rings. The summed E-state index contributed by atoms with van der Waals surface area (Å²) in [5.41, 5.74) is 0. The van der Waals surface area contributed by atoms with Crippen molar-refractivity contribution in [1.82, 2.24) is 0 Å². The van der Waals surface area contributed by atoms with E-state index in [0.29, 0.717) is 0 Å². The highest BCUT2D eigenvalue weighted by atomic mass is 35.7. The van der Waals surface area contributed by atoms with Crippen LogP contribution in [-0.4, -0.2) is 37.6 Å². The minimum atomic E-state index is -7.79. The van der Waals surface area contributed by atoms with Gasteiger partial charge in [0, 0.05) is 10.7 Å². The SMILES string of the molecule is O=S(=O)(Cl)C(F)(F)C(F)(F)C(F)(F)C(F)(F)C(F)(F)F. The van der Waals surface area contributed by atoms with Crippen LogP contribution < -0.4 is 0 Å². The van der Waals surface area contributed by atoms with Gasteiger partial charge in [0.1, 0.15) is 0 Å². The molecule has 20 heavy (non-hydrogen) atoms. The smallest absolute Gasteiger partial charge is 0.206 e. The molecule has 2 nitrogen and oxygen atoms in total. The first-order chi connectivity index (χ1) is 8.25. The van der Waals surface area contributed by atoms with E-state index in [-0.39, 0.29) is 0 Å². The molecule has 0 aromatic carbocycles. The van der Waals surface area contributed by atoms with Crippen molar-refractivity contribution in [3.63, 3.8) is 0 Å². The van der Waals surface area contributed by atoms with E-state index in [1.807, 2.05) is 0 Å². The molecular formula is C5ClF11O2S. The molecule has 0 heterocycles. The Morgan fingerprint density at radius 3 is 1.10 bits per heavy atom. The Balaban J connectivity index is 6.22. The van der Waals surface area contributed by atoms with Crippen LogP contribution in [0.2, 0.25) is 0 Å². The van der Waals surface area contributed by atoms with Crippen molar-refractivity contribution in [3.8, 4) is 0 Å². The third-order valence-corrected chi connectivity index (χ3v) is 3.27. The predicted octanol–water partition coefficient (Wildman–Crippen LogP) is 3.62. The molecule has 0 aliphatic heterocycles. The fraction of sp³-hybridized carbons (Fsp3) is 1.00. The molecule has 0 unspecified atom stereocenters. The second-order valence-electron chi connectivity index (χ2n) is 3.18. The van der Waals surface area contributed by atoms with Gasteiger partial charge in [0.25, 0.3) is 0 Å². The van der Waals surface area contributed by atoms with Crippen LogP contribution in [0.4, 0.5) is 48.3 Å². The summed E-state index contributed by atoms with van der Waals surface area (Å²) in [6, 6.07) is 0. The standard InChI is InChI=1S/C5ClF11O2S/c6-20(18,19)5(16,17)3(11,12)1(7,8)2(9,10)4(13,14)15. The van der Waals surface area contributed by atoms with E-state index >= 15 is 0 Å². The molecule has 122 valence electrons. The predicted molar refractivity (Wildman–Crippen MR) is 40.6 cm³/mol. The Morgan fingerprint density at radius 2 is 0.900 bits per heavy atom. The summed E-state index contributed by atoms with van der Waals surface area (Å²) in [5.74, 6) is -23.1. The molecular weight excluding hydrogens is 369 g/mol. The molecule has 15 heteroatoms. The van der Waals surface area contributed by atoms with Gasteiger partial charge in [0.2, 0.25) is 0 Å². The maximum atomic E-state index is 12.6. The van der Waals surface area contributed by atoms with Crippen LogP contribution in [0, 0.1) is 0 Å². The van der Waals surface area contributed by atoms with E-state index in [0.717, 1.165) is 0 Å². The lowest BCUT2D eigenvalue weighted by Gasteiger charge is -2.35. The quantitative estimate of drug-likeness (QED) is 0.561. The van der Waals surface area contributed by atoms with Crippen molar-refractivity contribution in [2.45, 2.75) is 29.2 Å². The van der Waals surface area contributed by atoms with Crippen LogP contribution in [0.3, 0.4) is 0 Å². The largest absolute Gasteiger partial charge is 0.460 e. The van der Waals surface area contributed by atoms with Gasteiger partial charge in [-0.1, -0.05) is 0 Å². The van der Waals surface area contributed by atoms with Crippen LogP contribution in [0.15, 0.2) is 0 Å². The zero-order valence-corrected chi connectivity index (χ0v) is 9.83. The molecule has 0 N–H and O–H groups in total. The maximum Gasteiger partial charge on any atom is 0.460 e. The fourth-order valence-corrected chi connectivity index (χ4v) is 1.44. The molecule has 0 radical (unpaired) electrons. The Bertz CT molecular complexity index is 478. The van der Waals surface area contributed by atoms with E-state index in [1.54, 1.807) is 0 Å². The van der Waals surface area contributed by atoms with Crippen LogP contribution in [0.25, 0.3) is 0 Å². The first-order valence-corrected chi connectivity index (χ1v) is 6.08. The highest BCUT2D eigenvalue weighted by Gasteiger charge is 2.89. The highest BCUT2D eigenvalue weighted by Crippen LogP contribution is 2.58. The molecule has 0 rings (SSSR count). The average molecular weight is 369 g/mol. The highest BCUT2D eigenvalue weighted by molar-refractivity contribution is 8.14. The van der Waals surface area contributed by atoms with Gasteiger partial charge in [-0.3, -0.25) is 0 Å². The van der Waals surface area contributed by atoms with Crippen LogP contribution >= 0.6 is 10.7 Å². The van der Waals surface area contributed by atoms with Gasteiger partial charge in [-0.25, -0.2) is 8.42 Å². The second-order valence-corrected chi connectivity index (χ2v) is 5.78. The van der Waals surface area contributed by atoms with Gasteiger partial charge < -0.3 is 0 Å². The Labute approximate surface area is 106 Å². The Hall–Kier alpha value is -0.530. The summed E-state index contributed by atoms with van der Waals surface area (Å²) in [4.78, 5) is 0. The van der Waals surface area contributed by atoms with Gasteiger partial charge in [0.05, 0.1) is 0 Å². The Morgan fingerprint density at radius 1 is 0.600 bits per heavy atom. The monoisotopic (exact) mass is 368 g/mol. The van der Waals surface area contributed by atoms with Gasteiger partial charge >= 0.3 is 38.2 Å². The van der Waals surface area contributed by atoms with Gasteiger partial charge in [-0.15, -0.1) is 0 Å². The number of hydrogen-bond acceptors (Lipinski definition) is 2. The zero-order valence-electron chi connectivity index (χ0n) is 8.26. The van der Waals surface area contributed by atoms with Crippen LogP contribution in [0.1, 0.15) is 0 Å². The van der Waals surface area contributed by atoms with E-state index in [2.05, 4.69) is 10.7 Å². The summed E-state index contributed by atoms with van der Waals surface area (Å²) >= 11 is 0. The first kappa shape index (κ1) is 19.5. The summed E-state index contributed by atoms with van der Waals surface area (Å²) in [7, 11) is -3.28. The van der Waals surface area contributed by atoms with Crippen molar-refractivity contribution in [2.75, 3.05) is 0 Å². The van der Waals surface area contributed by atoms with Crippen molar-refractivity contribution < 1.29 is 56.7 Å². The number of alkyl halides is 11. The number of hydrogen-bond donors (Lipinski definition) is 0. The van der Waals surface area contributed by atoms with Crippen LogP contribution in [0.5, 0.6) is 0 Å². The summed E-state index contributed by atoms with van der Waals surface area (Å²) < 4.78 is 154. The van der Waals surface area contributed by atoms with E-state index in [4.69, 9.17) is 0 Å². The molecule has 0 bridgehead atoms. The normalized spacial score (nSPS) is 16.4. The molecule has 0 saturated heterocycles. The summed E-state index contributed by atoms with van der Waals surface area (Å²) in [6.07, 6.45) is -7.36. The van der Waals surface area contributed by atoms with Gasteiger partial charge in [-0.05, 0) is 0 Å². The molecule has 0 saturated carbocycles. The van der Waals surface area contributed by atoms with Gasteiger partial charge in [0.15, 0.2) is 0 Å². The minimum Gasteiger partial charge on any atom is -0.206 e. The van der Waals surface area contributed by atoms with Crippen LogP contribution in [-0.2, 0) is 9.05 Å². The maximum absolute atomic E-state index is 12.6. The molecule has 0 aliphatic carbocycles. The third-order valence-electron chi connectivity index (χ3n) is 1.82. The van der Waals surface area contributed by atoms with Crippen molar-refractivity contribution in [2.24, 2.45) is 0 Å². The minimum absolute atomic E-state index is 3.66. The lowest BCUT2D eigenvalue weighted by molar-refractivity contribution is -0.412. The summed E-state index contributed by atoms with van der Waals surface area (Å²) in [6.45, 7) is 0. The molecule has 0 spiro atoms. The van der Waals surface area contributed by atoms with E-state index in [9.17, 15) is 56.7 Å². The lowest BCUT2D eigenvalue weighted by Crippen LogP contribution is -2.67. The second kappa shape index (κ2) is 4.48. The molecule has 0 atom stereocenters. The topological polar surface area (TPSA) is 34.1 Å². The molecule has 0 aromatic heterocycles. The fourth-order valence-electron chi connectivity index (χ4n) is 0.711. The molecule has 0 aliphatic rings. The molecule has 0 amide bonds. The van der Waals surface area contributed by atoms with Crippen molar-refractivity contribution >= 4 is 19.7 Å². The average Bonchev–Trinajstić information content (AvgIpc) is 2.12. The van der Waals surface area contributed by atoms with Gasteiger partial charge in [-0.2, -0.15) is 48.3 Å². The van der Waals surface area contributed by atoms with Crippen molar-refractivity contribution in [3.05, 3.63) is 0 Å².